The molecule has 1 aliphatic carbocycles. The van der Waals surface area contributed by atoms with Gasteiger partial charge in [-0.25, -0.2) is 0 Å². The maximum absolute atomic E-state index is 11.2. The van der Waals surface area contributed by atoms with Gasteiger partial charge in [0.05, 0.1) is 0 Å². The molecule has 0 aromatic heterocycles. The summed E-state index contributed by atoms with van der Waals surface area (Å²) >= 11 is 0. The SMILES string of the molecule is CC(CCS(C)=O)N1CC2(CCCC2)NCC1C. The van der Waals surface area contributed by atoms with Crippen LogP contribution in [-0.4, -0.2) is 51.8 Å². The van der Waals surface area contributed by atoms with Gasteiger partial charge in [-0.05, 0) is 33.1 Å². The number of hydrogen-bond acceptors (Lipinski definition) is 3. The van der Waals surface area contributed by atoms with Crippen LogP contribution in [0.1, 0.15) is 46.0 Å². The summed E-state index contributed by atoms with van der Waals surface area (Å²) in [6.07, 6.45) is 8.30. The summed E-state index contributed by atoms with van der Waals surface area (Å²) in [6, 6.07) is 1.17. The van der Waals surface area contributed by atoms with Gasteiger partial charge < -0.3 is 5.32 Å². The van der Waals surface area contributed by atoms with Crippen molar-refractivity contribution in [1.29, 1.82) is 0 Å². The molecule has 1 heterocycles. The average Bonchev–Trinajstić information content (AvgIpc) is 2.78. The van der Waals surface area contributed by atoms with Crippen LogP contribution in [0, 0.1) is 0 Å². The minimum Gasteiger partial charge on any atom is -0.308 e. The van der Waals surface area contributed by atoms with Crippen molar-refractivity contribution >= 4 is 10.8 Å². The first-order chi connectivity index (χ1) is 8.52. The minimum atomic E-state index is -0.655. The van der Waals surface area contributed by atoms with Crippen molar-refractivity contribution in [2.45, 2.75) is 63.6 Å². The van der Waals surface area contributed by atoms with E-state index < -0.39 is 10.8 Å². The lowest BCUT2D eigenvalue weighted by Crippen LogP contribution is -2.64. The van der Waals surface area contributed by atoms with Crippen LogP contribution in [0.15, 0.2) is 0 Å². The fourth-order valence-corrected chi connectivity index (χ4v) is 4.20. The van der Waals surface area contributed by atoms with E-state index in [2.05, 4.69) is 24.1 Å². The van der Waals surface area contributed by atoms with Crippen molar-refractivity contribution in [1.82, 2.24) is 10.2 Å². The molecule has 1 N–H and O–H groups in total. The van der Waals surface area contributed by atoms with Gasteiger partial charge in [-0.3, -0.25) is 9.11 Å². The Hall–Kier alpha value is 0.0700. The van der Waals surface area contributed by atoms with E-state index in [1.54, 1.807) is 0 Å². The Morgan fingerprint density at radius 2 is 2.11 bits per heavy atom. The molecule has 1 saturated heterocycles. The lowest BCUT2D eigenvalue weighted by molar-refractivity contribution is 0.0557. The molecule has 1 spiro atoms. The molecule has 2 aliphatic rings. The van der Waals surface area contributed by atoms with Gasteiger partial charge in [0.1, 0.15) is 0 Å². The predicted molar refractivity (Wildman–Crippen MR) is 78.4 cm³/mol. The predicted octanol–water partition coefficient (Wildman–Crippen LogP) is 1.75. The summed E-state index contributed by atoms with van der Waals surface area (Å²) in [6.45, 7) is 6.91. The van der Waals surface area contributed by atoms with Gasteiger partial charge in [-0.15, -0.1) is 0 Å². The lowest BCUT2D eigenvalue weighted by atomic mass is 9.91. The number of piperazine rings is 1. The second kappa shape index (κ2) is 6.02. The quantitative estimate of drug-likeness (QED) is 0.846. The number of nitrogens with one attached hydrogen (secondary N) is 1. The van der Waals surface area contributed by atoms with Gasteiger partial charge in [-0.1, -0.05) is 12.8 Å². The molecule has 1 aliphatic heterocycles. The average molecular weight is 272 g/mol. The maximum Gasteiger partial charge on any atom is 0.0309 e. The molecule has 18 heavy (non-hydrogen) atoms. The monoisotopic (exact) mass is 272 g/mol. The third kappa shape index (κ3) is 3.34. The summed E-state index contributed by atoms with van der Waals surface area (Å²) in [5, 5.41) is 3.79. The van der Waals surface area contributed by atoms with Crippen molar-refractivity contribution in [3.63, 3.8) is 0 Å². The molecule has 0 aromatic rings. The molecule has 2 rings (SSSR count). The Bertz CT molecular complexity index is 302. The minimum absolute atomic E-state index is 0.395. The van der Waals surface area contributed by atoms with E-state index in [1.165, 1.54) is 32.2 Å². The number of nitrogens with zero attached hydrogens (tertiary/aromatic N) is 1. The highest BCUT2D eigenvalue weighted by Crippen LogP contribution is 2.34. The van der Waals surface area contributed by atoms with E-state index in [1.807, 2.05) is 6.26 Å². The molecule has 1 saturated carbocycles. The van der Waals surface area contributed by atoms with Gasteiger partial charge >= 0.3 is 0 Å². The van der Waals surface area contributed by atoms with E-state index >= 15 is 0 Å². The normalized spacial score (nSPS) is 31.6. The van der Waals surface area contributed by atoms with Crippen LogP contribution < -0.4 is 5.32 Å². The summed E-state index contributed by atoms with van der Waals surface area (Å²) in [5.41, 5.74) is 0.395. The zero-order chi connectivity index (χ0) is 13.2. The Labute approximate surface area is 114 Å². The van der Waals surface area contributed by atoms with Crippen molar-refractivity contribution in [3.05, 3.63) is 0 Å². The smallest absolute Gasteiger partial charge is 0.0309 e. The second-order valence-corrected chi connectivity index (χ2v) is 7.86. The molecule has 0 bridgehead atoms. The first-order valence-electron chi connectivity index (χ1n) is 7.33. The molecule has 2 fully saturated rings. The molecular formula is C14H28N2OS. The summed E-state index contributed by atoms with van der Waals surface area (Å²) in [4.78, 5) is 2.65. The van der Waals surface area contributed by atoms with Crippen molar-refractivity contribution in [2.75, 3.05) is 25.1 Å². The van der Waals surface area contributed by atoms with Crippen LogP contribution >= 0.6 is 0 Å². The van der Waals surface area contributed by atoms with E-state index in [-0.39, 0.29) is 0 Å². The molecule has 3 unspecified atom stereocenters. The fourth-order valence-electron chi connectivity index (χ4n) is 3.52. The van der Waals surface area contributed by atoms with Crippen LogP contribution in [-0.2, 0) is 10.8 Å². The van der Waals surface area contributed by atoms with Gasteiger partial charge in [0, 0.05) is 53.5 Å². The van der Waals surface area contributed by atoms with Crippen LogP contribution in [0.5, 0.6) is 0 Å². The van der Waals surface area contributed by atoms with Gasteiger partial charge in [-0.2, -0.15) is 0 Å². The Balaban J connectivity index is 1.94. The molecule has 0 aromatic carbocycles. The van der Waals surface area contributed by atoms with Gasteiger partial charge in [0.25, 0.3) is 0 Å². The van der Waals surface area contributed by atoms with Gasteiger partial charge in [0.2, 0.25) is 0 Å². The molecule has 3 atom stereocenters. The van der Waals surface area contributed by atoms with Crippen LogP contribution in [0.3, 0.4) is 0 Å². The number of rotatable bonds is 4. The van der Waals surface area contributed by atoms with Crippen LogP contribution in [0.2, 0.25) is 0 Å². The van der Waals surface area contributed by atoms with Gasteiger partial charge in [0.15, 0.2) is 0 Å². The maximum atomic E-state index is 11.2. The first-order valence-corrected chi connectivity index (χ1v) is 9.06. The largest absolute Gasteiger partial charge is 0.308 e. The molecule has 0 amide bonds. The zero-order valence-electron chi connectivity index (χ0n) is 12.1. The second-order valence-electron chi connectivity index (χ2n) is 6.30. The Morgan fingerprint density at radius 3 is 2.72 bits per heavy atom. The number of hydrogen-bond donors (Lipinski definition) is 1. The molecule has 106 valence electrons. The summed E-state index contributed by atoms with van der Waals surface area (Å²) < 4.78 is 11.2. The molecule has 0 radical (unpaired) electrons. The third-order valence-corrected chi connectivity index (χ3v) is 5.58. The van der Waals surface area contributed by atoms with E-state index in [4.69, 9.17) is 0 Å². The highest BCUT2D eigenvalue weighted by molar-refractivity contribution is 7.84. The fraction of sp³-hybridized carbons (Fsp3) is 1.00. The highest BCUT2D eigenvalue weighted by atomic mass is 32.2. The Morgan fingerprint density at radius 1 is 1.44 bits per heavy atom. The first kappa shape index (κ1) is 14.5. The summed E-state index contributed by atoms with van der Waals surface area (Å²) in [7, 11) is -0.655. The highest BCUT2D eigenvalue weighted by Gasteiger charge is 2.40. The topological polar surface area (TPSA) is 32.3 Å². The van der Waals surface area contributed by atoms with E-state index in [9.17, 15) is 4.21 Å². The Kier molecular flexibility index (Phi) is 4.84. The van der Waals surface area contributed by atoms with Crippen LogP contribution in [0.25, 0.3) is 0 Å². The zero-order valence-corrected chi connectivity index (χ0v) is 12.9. The van der Waals surface area contributed by atoms with Crippen LogP contribution in [0.4, 0.5) is 0 Å². The summed E-state index contributed by atoms with van der Waals surface area (Å²) in [5.74, 6) is 0.838. The standard InChI is InChI=1S/C14H28N2OS/c1-12(6-9-18(3)17)16-11-14(7-4-5-8-14)15-10-13(16)2/h12-13,15H,4-11H2,1-3H3. The van der Waals surface area contributed by atoms with E-state index in [0.717, 1.165) is 18.7 Å². The third-order valence-electron chi connectivity index (χ3n) is 4.77. The van der Waals surface area contributed by atoms with Crippen molar-refractivity contribution in [2.24, 2.45) is 0 Å². The lowest BCUT2D eigenvalue weighted by Gasteiger charge is -2.48. The molecular weight excluding hydrogens is 244 g/mol. The molecule has 3 nitrogen and oxygen atoms in total. The van der Waals surface area contributed by atoms with Crippen molar-refractivity contribution in [3.8, 4) is 0 Å². The van der Waals surface area contributed by atoms with E-state index in [0.29, 0.717) is 17.6 Å². The molecule has 4 heteroatoms. The van der Waals surface area contributed by atoms with Crippen molar-refractivity contribution < 1.29 is 4.21 Å².